The molecule has 0 saturated heterocycles. The Morgan fingerprint density at radius 1 is 0.870 bits per heavy atom. The van der Waals surface area contributed by atoms with Gasteiger partial charge in [-0.2, -0.15) is 0 Å². The molecule has 0 aliphatic carbocycles. The first kappa shape index (κ1) is 17.8. The highest BCUT2D eigenvalue weighted by atomic mass is 15.6. The summed E-state index contributed by atoms with van der Waals surface area (Å²) in [6, 6.07) is 10.5. The zero-order chi connectivity index (χ0) is 16.2. The van der Waals surface area contributed by atoms with E-state index in [1.54, 1.807) is 0 Å². The van der Waals surface area contributed by atoms with E-state index < -0.39 is 0 Å². The topological polar surface area (TPSA) is 27.6 Å². The molecule has 2 rings (SSSR count). The summed E-state index contributed by atoms with van der Waals surface area (Å²) in [4.78, 5) is 4.56. The summed E-state index contributed by atoms with van der Waals surface area (Å²) in [5.41, 5.74) is 4.45. The molecule has 0 saturated carbocycles. The van der Waals surface area contributed by atoms with Gasteiger partial charge in [-0.3, -0.25) is 10.4 Å². The third-order valence-corrected chi connectivity index (χ3v) is 4.59. The van der Waals surface area contributed by atoms with E-state index in [2.05, 4.69) is 52.7 Å². The zero-order valence-corrected chi connectivity index (χ0v) is 14.7. The van der Waals surface area contributed by atoms with E-state index in [4.69, 9.17) is 0 Å². The zero-order valence-electron chi connectivity index (χ0n) is 14.7. The number of benzene rings is 1. The van der Waals surface area contributed by atoms with E-state index in [9.17, 15) is 0 Å². The van der Waals surface area contributed by atoms with Crippen molar-refractivity contribution >= 4 is 12.0 Å². The minimum absolute atomic E-state index is 0.256. The van der Waals surface area contributed by atoms with E-state index in [-0.39, 0.29) is 6.17 Å². The largest absolute Gasteiger partial charge is 0.286 e. The van der Waals surface area contributed by atoms with Crippen LogP contribution in [0.15, 0.2) is 35.3 Å². The van der Waals surface area contributed by atoms with Crippen LogP contribution in [0.4, 0.5) is 5.69 Å². The maximum atomic E-state index is 4.56. The van der Waals surface area contributed by atoms with Crippen LogP contribution in [-0.4, -0.2) is 12.5 Å². The molecule has 128 valence electrons. The maximum absolute atomic E-state index is 4.56. The molecule has 0 fully saturated rings. The molecular formula is C20H33N3. The van der Waals surface area contributed by atoms with E-state index in [0.29, 0.717) is 0 Å². The SMILES string of the molecule is CCCCCCCCCCCCC1N=CNN1c1ccccc1. The van der Waals surface area contributed by atoms with Crippen LogP contribution in [0.5, 0.6) is 0 Å². The Hall–Kier alpha value is -1.51. The molecule has 1 atom stereocenters. The van der Waals surface area contributed by atoms with Crippen molar-refractivity contribution in [3.05, 3.63) is 30.3 Å². The minimum atomic E-state index is 0.256. The van der Waals surface area contributed by atoms with Gasteiger partial charge in [-0.15, -0.1) is 0 Å². The van der Waals surface area contributed by atoms with Gasteiger partial charge in [0.25, 0.3) is 0 Å². The fourth-order valence-corrected chi connectivity index (χ4v) is 3.19. The van der Waals surface area contributed by atoms with Gasteiger partial charge < -0.3 is 0 Å². The van der Waals surface area contributed by atoms with Crippen molar-refractivity contribution in [3.8, 4) is 0 Å². The molecule has 0 spiro atoms. The van der Waals surface area contributed by atoms with Gasteiger partial charge >= 0.3 is 0 Å². The monoisotopic (exact) mass is 315 g/mol. The number of hydrogen-bond acceptors (Lipinski definition) is 3. The fraction of sp³-hybridized carbons (Fsp3) is 0.650. The van der Waals surface area contributed by atoms with Crippen molar-refractivity contribution in [2.75, 3.05) is 5.01 Å². The molecule has 23 heavy (non-hydrogen) atoms. The average Bonchev–Trinajstić information content (AvgIpc) is 3.06. The third kappa shape index (κ3) is 6.64. The van der Waals surface area contributed by atoms with Gasteiger partial charge in [0.05, 0.1) is 5.69 Å². The van der Waals surface area contributed by atoms with Crippen LogP contribution < -0.4 is 10.4 Å². The van der Waals surface area contributed by atoms with Crippen molar-refractivity contribution < 1.29 is 0 Å². The number of hydrogen-bond donors (Lipinski definition) is 1. The summed E-state index contributed by atoms with van der Waals surface area (Å²) in [5.74, 6) is 0. The Balaban J connectivity index is 1.52. The van der Waals surface area contributed by atoms with Crippen LogP contribution in [-0.2, 0) is 0 Å². The molecule has 1 aliphatic heterocycles. The first-order chi connectivity index (χ1) is 11.4. The number of rotatable bonds is 12. The first-order valence-electron chi connectivity index (χ1n) is 9.54. The van der Waals surface area contributed by atoms with Crippen LogP contribution in [0, 0.1) is 0 Å². The maximum Gasteiger partial charge on any atom is 0.141 e. The lowest BCUT2D eigenvalue weighted by molar-refractivity contribution is 0.514. The molecule has 1 unspecified atom stereocenters. The second-order valence-corrected chi connectivity index (χ2v) is 6.56. The number of anilines is 1. The number of para-hydroxylation sites is 1. The molecule has 0 aromatic heterocycles. The van der Waals surface area contributed by atoms with E-state index >= 15 is 0 Å². The number of nitrogens with zero attached hydrogens (tertiary/aromatic N) is 2. The fourth-order valence-electron chi connectivity index (χ4n) is 3.19. The lowest BCUT2D eigenvalue weighted by atomic mass is 10.1. The standard InChI is InChI=1S/C20H33N3/c1-2-3-4-5-6-7-8-9-10-14-17-20-21-18-22-23(20)19-15-12-11-13-16-19/h11-13,15-16,18,20H,2-10,14,17H2,1H3,(H,21,22). The highest BCUT2D eigenvalue weighted by Gasteiger charge is 2.20. The number of nitrogens with one attached hydrogen (secondary N) is 1. The summed E-state index contributed by atoms with van der Waals surface area (Å²) < 4.78 is 0. The Kier molecular flexibility index (Phi) is 8.60. The molecule has 1 aromatic carbocycles. The van der Waals surface area contributed by atoms with Crippen molar-refractivity contribution in [1.29, 1.82) is 0 Å². The third-order valence-electron chi connectivity index (χ3n) is 4.59. The quantitative estimate of drug-likeness (QED) is 0.503. The molecular weight excluding hydrogens is 282 g/mol. The van der Waals surface area contributed by atoms with Gasteiger partial charge in [0.15, 0.2) is 0 Å². The minimum Gasteiger partial charge on any atom is -0.286 e. The predicted molar refractivity (Wildman–Crippen MR) is 101 cm³/mol. The molecule has 3 nitrogen and oxygen atoms in total. The van der Waals surface area contributed by atoms with E-state index in [1.165, 1.54) is 69.9 Å². The molecule has 0 bridgehead atoms. The van der Waals surface area contributed by atoms with Crippen molar-refractivity contribution in [2.24, 2.45) is 4.99 Å². The number of hydrazine groups is 1. The molecule has 0 amide bonds. The average molecular weight is 316 g/mol. The second-order valence-electron chi connectivity index (χ2n) is 6.56. The molecule has 1 heterocycles. The number of aliphatic imine (C=N–C) groups is 1. The normalized spacial score (nSPS) is 16.7. The second kappa shape index (κ2) is 11.1. The first-order valence-corrected chi connectivity index (χ1v) is 9.54. The molecule has 0 radical (unpaired) electrons. The molecule has 3 heteroatoms. The summed E-state index contributed by atoms with van der Waals surface area (Å²) in [5, 5.41) is 2.17. The van der Waals surface area contributed by atoms with Gasteiger partial charge in [0.2, 0.25) is 0 Å². The number of unbranched alkanes of at least 4 members (excludes halogenated alkanes) is 9. The Morgan fingerprint density at radius 2 is 1.48 bits per heavy atom. The summed E-state index contributed by atoms with van der Waals surface area (Å²) in [6.45, 7) is 2.28. The van der Waals surface area contributed by atoms with Gasteiger partial charge in [-0.25, -0.2) is 4.99 Å². The van der Waals surface area contributed by atoms with Gasteiger partial charge in [0.1, 0.15) is 12.5 Å². The highest BCUT2D eigenvalue weighted by Crippen LogP contribution is 2.21. The van der Waals surface area contributed by atoms with Crippen LogP contribution in [0.25, 0.3) is 0 Å². The lowest BCUT2D eigenvalue weighted by Gasteiger charge is -2.24. The molecule has 1 N–H and O–H groups in total. The Labute approximate surface area is 142 Å². The highest BCUT2D eigenvalue weighted by molar-refractivity contribution is 5.64. The van der Waals surface area contributed by atoms with Crippen LogP contribution >= 0.6 is 0 Å². The van der Waals surface area contributed by atoms with Gasteiger partial charge in [-0.1, -0.05) is 82.9 Å². The van der Waals surface area contributed by atoms with E-state index in [1.807, 2.05) is 6.34 Å². The van der Waals surface area contributed by atoms with Crippen molar-refractivity contribution in [3.63, 3.8) is 0 Å². The van der Waals surface area contributed by atoms with Gasteiger partial charge in [-0.05, 0) is 25.0 Å². The van der Waals surface area contributed by atoms with Crippen LogP contribution in [0.1, 0.15) is 77.6 Å². The Bertz CT molecular complexity index is 430. The van der Waals surface area contributed by atoms with Crippen molar-refractivity contribution in [1.82, 2.24) is 5.43 Å². The predicted octanol–water partition coefficient (Wildman–Crippen LogP) is 5.68. The van der Waals surface area contributed by atoms with Gasteiger partial charge in [0, 0.05) is 0 Å². The lowest BCUT2D eigenvalue weighted by Crippen LogP contribution is -2.38. The molecule has 1 aliphatic rings. The Morgan fingerprint density at radius 3 is 2.13 bits per heavy atom. The van der Waals surface area contributed by atoms with Crippen molar-refractivity contribution in [2.45, 2.75) is 83.7 Å². The van der Waals surface area contributed by atoms with E-state index in [0.717, 1.165) is 6.42 Å². The smallest absolute Gasteiger partial charge is 0.141 e. The van der Waals surface area contributed by atoms with Crippen LogP contribution in [0.2, 0.25) is 0 Å². The summed E-state index contributed by atoms with van der Waals surface area (Å²) in [6.07, 6.45) is 17.1. The summed E-state index contributed by atoms with van der Waals surface area (Å²) >= 11 is 0. The van der Waals surface area contributed by atoms with Crippen LogP contribution in [0.3, 0.4) is 0 Å². The molecule has 1 aromatic rings. The summed E-state index contributed by atoms with van der Waals surface area (Å²) in [7, 11) is 0.